The summed E-state index contributed by atoms with van der Waals surface area (Å²) >= 11 is 0.545. The molecule has 0 saturated carbocycles. The SMILES string of the molecule is O=C(O)C(F)Sc1nc2ccccc2[nH]1. The lowest BCUT2D eigenvalue weighted by Gasteiger charge is -1.97. The maximum Gasteiger partial charge on any atom is 0.349 e. The lowest BCUT2D eigenvalue weighted by atomic mass is 10.3. The topological polar surface area (TPSA) is 66.0 Å². The van der Waals surface area contributed by atoms with Crippen molar-refractivity contribution < 1.29 is 14.3 Å². The van der Waals surface area contributed by atoms with E-state index in [0.717, 1.165) is 5.52 Å². The van der Waals surface area contributed by atoms with Gasteiger partial charge in [0.1, 0.15) is 0 Å². The molecule has 0 spiro atoms. The van der Waals surface area contributed by atoms with Gasteiger partial charge in [-0.3, -0.25) is 0 Å². The second-order valence-corrected chi connectivity index (χ2v) is 3.87. The van der Waals surface area contributed by atoms with Crippen LogP contribution in [-0.4, -0.2) is 26.5 Å². The van der Waals surface area contributed by atoms with Crippen molar-refractivity contribution >= 4 is 28.8 Å². The highest BCUT2D eigenvalue weighted by atomic mass is 32.2. The van der Waals surface area contributed by atoms with Gasteiger partial charge in [0.25, 0.3) is 0 Å². The van der Waals surface area contributed by atoms with E-state index >= 15 is 0 Å². The van der Waals surface area contributed by atoms with E-state index < -0.39 is 11.5 Å². The normalized spacial score (nSPS) is 12.9. The fourth-order valence-electron chi connectivity index (χ4n) is 1.13. The Morgan fingerprint density at radius 2 is 2.27 bits per heavy atom. The van der Waals surface area contributed by atoms with Crippen molar-refractivity contribution in [1.82, 2.24) is 9.97 Å². The van der Waals surface area contributed by atoms with Gasteiger partial charge in [0.2, 0.25) is 5.50 Å². The summed E-state index contributed by atoms with van der Waals surface area (Å²) in [5.41, 5.74) is -0.541. The summed E-state index contributed by atoms with van der Waals surface area (Å²) in [6.45, 7) is 0. The third-order valence-corrected chi connectivity index (χ3v) is 2.60. The molecule has 2 aromatic rings. The summed E-state index contributed by atoms with van der Waals surface area (Å²) in [4.78, 5) is 17.2. The van der Waals surface area contributed by atoms with Gasteiger partial charge in [0, 0.05) is 0 Å². The molecule has 1 atom stereocenters. The largest absolute Gasteiger partial charge is 0.478 e. The van der Waals surface area contributed by atoms with E-state index in [2.05, 4.69) is 9.97 Å². The smallest absolute Gasteiger partial charge is 0.349 e. The van der Waals surface area contributed by atoms with Gasteiger partial charge in [-0.15, -0.1) is 0 Å². The van der Waals surface area contributed by atoms with Crippen LogP contribution in [0.3, 0.4) is 0 Å². The van der Waals surface area contributed by atoms with Gasteiger partial charge in [-0.05, 0) is 23.9 Å². The van der Waals surface area contributed by atoms with Gasteiger partial charge in [-0.1, -0.05) is 12.1 Å². The van der Waals surface area contributed by atoms with Crippen molar-refractivity contribution in [3.05, 3.63) is 24.3 Å². The van der Waals surface area contributed by atoms with Gasteiger partial charge in [-0.2, -0.15) is 0 Å². The van der Waals surface area contributed by atoms with Crippen LogP contribution in [0.5, 0.6) is 0 Å². The van der Waals surface area contributed by atoms with Crippen LogP contribution in [0.25, 0.3) is 11.0 Å². The van der Waals surface area contributed by atoms with Crippen LogP contribution in [0.1, 0.15) is 0 Å². The second kappa shape index (κ2) is 3.90. The van der Waals surface area contributed by atoms with Crippen LogP contribution in [0.2, 0.25) is 0 Å². The Morgan fingerprint density at radius 3 is 2.93 bits per heavy atom. The summed E-state index contributed by atoms with van der Waals surface area (Å²) < 4.78 is 12.8. The molecule has 4 nitrogen and oxygen atoms in total. The molecule has 0 aliphatic carbocycles. The molecule has 0 aliphatic rings. The Bertz CT molecular complexity index is 467. The highest BCUT2D eigenvalue weighted by Crippen LogP contribution is 2.24. The summed E-state index contributed by atoms with van der Waals surface area (Å²) in [7, 11) is 0. The molecule has 2 rings (SSSR count). The molecule has 1 aromatic heterocycles. The number of thioether (sulfide) groups is 1. The second-order valence-electron chi connectivity index (χ2n) is 2.83. The third kappa shape index (κ3) is 2.10. The number of hydrogen-bond acceptors (Lipinski definition) is 3. The van der Waals surface area contributed by atoms with E-state index in [-0.39, 0.29) is 5.16 Å². The molecule has 2 N–H and O–H groups in total. The third-order valence-electron chi connectivity index (χ3n) is 1.78. The monoisotopic (exact) mass is 226 g/mol. The minimum Gasteiger partial charge on any atom is -0.478 e. The van der Waals surface area contributed by atoms with Crippen LogP contribution in [0.4, 0.5) is 4.39 Å². The molecule has 0 amide bonds. The molecule has 1 heterocycles. The first-order valence-corrected chi connectivity index (χ1v) is 5.03. The molecular weight excluding hydrogens is 219 g/mol. The van der Waals surface area contributed by atoms with Crippen molar-refractivity contribution in [2.24, 2.45) is 0 Å². The molecule has 1 unspecified atom stereocenters. The molecule has 0 radical (unpaired) electrons. The maximum absolute atomic E-state index is 12.8. The average molecular weight is 226 g/mol. The van der Waals surface area contributed by atoms with Gasteiger partial charge in [0.05, 0.1) is 11.0 Å². The Balaban J connectivity index is 2.26. The Labute approximate surface area is 88.5 Å². The Kier molecular flexibility index (Phi) is 2.59. The molecule has 0 aliphatic heterocycles. The number of rotatable bonds is 3. The number of halogens is 1. The molecule has 15 heavy (non-hydrogen) atoms. The zero-order valence-electron chi connectivity index (χ0n) is 7.48. The zero-order valence-corrected chi connectivity index (χ0v) is 8.29. The number of aliphatic carboxylic acids is 1. The summed E-state index contributed by atoms with van der Waals surface area (Å²) in [6.07, 6.45) is 0. The van der Waals surface area contributed by atoms with Gasteiger partial charge in [0.15, 0.2) is 5.16 Å². The number of nitrogens with one attached hydrogen (secondary N) is 1. The van der Waals surface area contributed by atoms with Gasteiger partial charge >= 0.3 is 5.97 Å². The van der Waals surface area contributed by atoms with Gasteiger partial charge in [-0.25, -0.2) is 14.2 Å². The minimum atomic E-state index is -1.99. The van der Waals surface area contributed by atoms with Crippen LogP contribution in [-0.2, 0) is 4.79 Å². The lowest BCUT2D eigenvalue weighted by molar-refractivity contribution is -0.139. The fourth-order valence-corrected chi connectivity index (χ4v) is 1.75. The molecule has 1 aromatic carbocycles. The molecule has 0 saturated heterocycles. The number of hydrogen-bond donors (Lipinski definition) is 2. The number of H-pyrrole nitrogens is 1. The van der Waals surface area contributed by atoms with Crippen LogP contribution >= 0.6 is 11.8 Å². The van der Waals surface area contributed by atoms with Crippen molar-refractivity contribution in [1.29, 1.82) is 0 Å². The number of aromatic nitrogens is 2. The van der Waals surface area contributed by atoms with E-state index in [0.29, 0.717) is 17.3 Å². The predicted octanol–water partition coefficient (Wildman–Crippen LogP) is 2.04. The highest BCUT2D eigenvalue weighted by molar-refractivity contribution is 8.00. The summed E-state index contributed by atoms with van der Waals surface area (Å²) in [6, 6.07) is 7.19. The maximum atomic E-state index is 12.8. The van der Waals surface area contributed by atoms with E-state index in [4.69, 9.17) is 5.11 Å². The highest BCUT2D eigenvalue weighted by Gasteiger charge is 2.19. The first kappa shape index (κ1) is 9.97. The predicted molar refractivity (Wildman–Crippen MR) is 54.5 cm³/mol. The first-order valence-electron chi connectivity index (χ1n) is 4.15. The Morgan fingerprint density at radius 1 is 1.53 bits per heavy atom. The number of aromatic amines is 1. The summed E-state index contributed by atoms with van der Waals surface area (Å²) in [5.74, 6) is -1.50. The first-order chi connectivity index (χ1) is 7.16. The Hall–Kier alpha value is -1.56. The van der Waals surface area contributed by atoms with E-state index in [1.54, 1.807) is 12.1 Å². The quantitative estimate of drug-likeness (QED) is 0.786. The number of para-hydroxylation sites is 2. The van der Waals surface area contributed by atoms with Crippen LogP contribution < -0.4 is 0 Å². The standard InChI is InChI=1S/C9H7FN2O2S/c10-7(8(13)14)15-9-11-5-3-1-2-4-6(5)12-9/h1-4,7H,(H,11,12)(H,13,14). The van der Waals surface area contributed by atoms with Crippen LogP contribution in [0.15, 0.2) is 29.4 Å². The molecule has 0 fully saturated rings. The van der Waals surface area contributed by atoms with Crippen molar-refractivity contribution in [3.63, 3.8) is 0 Å². The minimum absolute atomic E-state index is 0.270. The van der Waals surface area contributed by atoms with Crippen molar-refractivity contribution in [3.8, 4) is 0 Å². The number of carbonyl (C=O) groups is 1. The van der Waals surface area contributed by atoms with Gasteiger partial charge < -0.3 is 10.1 Å². The van der Waals surface area contributed by atoms with E-state index in [1.165, 1.54) is 0 Å². The van der Waals surface area contributed by atoms with E-state index in [1.807, 2.05) is 12.1 Å². The number of carboxylic acid groups (broad SMARTS) is 1. The van der Waals surface area contributed by atoms with E-state index in [9.17, 15) is 9.18 Å². The fraction of sp³-hybridized carbons (Fsp3) is 0.111. The van der Waals surface area contributed by atoms with Crippen LogP contribution in [0, 0.1) is 0 Å². The number of carboxylic acids is 1. The molecular formula is C9H7FN2O2S. The van der Waals surface area contributed by atoms with Crippen molar-refractivity contribution in [2.75, 3.05) is 0 Å². The zero-order chi connectivity index (χ0) is 10.8. The average Bonchev–Trinajstić information content (AvgIpc) is 2.59. The molecule has 78 valence electrons. The number of nitrogens with zero attached hydrogens (tertiary/aromatic N) is 1. The molecule has 0 bridgehead atoms. The number of benzene rings is 1. The number of fused-ring (bicyclic) bond motifs is 1. The van der Waals surface area contributed by atoms with Crippen molar-refractivity contribution in [2.45, 2.75) is 10.7 Å². The summed E-state index contributed by atoms with van der Waals surface area (Å²) in [5, 5.41) is 8.65. The number of alkyl halides is 1. The number of imidazole rings is 1. The lowest BCUT2D eigenvalue weighted by Crippen LogP contribution is -2.09. The molecule has 6 heteroatoms.